The zero-order chi connectivity index (χ0) is 24.2. The number of carbonyl (C=O) groups excluding carboxylic acids is 1. The number of hydrogen-bond donors (Lipinski definition) is 1. The predicted molar refractivity (Wildman–Crippen MR) is 115 cm³/mol. The van der Waals surface area contributed by atoms with Crippen LogP contribution in [-0.2, 0) is 18.3 Å². The molecular formula is C23H28F3N7O2. The largest absolute Gasteiger partial charge is 0.449 e. The summed E-state index contributed by atoms with van der Waals surface area (Å²) in [4.78, 5) is 24.4. The predicted octanol–water partition coefficient (Wildman–Crippen LogP) is 2.64. The maximum absolute atomic E-state index is 13.0. The molecule has 2 amide bonds. The van der Waals surface area contributed by atoms with Crippen LogP contribution in [0.25, 0.3) is 0 Å². The number of alkyl halides is 3. The van der Waals surface area contributed by atoms with Crippen molar-refractivity contribution < 1.29 is 23.1 Å². The fourth-order valence-corrected chi connectivity index (χ4v) is 6.93. The number of urea groups is 1. The summed E-state index contributed by atoms with van der Waals surface area (Å²) in [7, 11) is 0. The second-order valence-electron chi connectivity index (χ2n) is 11.8. The molecule has 1 N–H and O–H groups in total. The Morgan fingerprint density at radius 3 is 2.26 bits per heavy atom. The summed E-state index contributed by atoms with van der Waals surface area (Å²) < 4.78 is 42.2. The van der Waals surface area contributed by atoms with Gasteiger partial charge in [-0.3, -0.25) is 0 Å². The van der Waals surface area contributed by atoms with E-state index in [9.17, 15) is 23.1 Å². The topological polar surface area (TPSA) is 92.3 Å². The highest BCUT2D eigenvalue weighted by molar-refractivity contribution is 5.77. The van der Waals surface area contributed by atoms with Crippen LogP contribution in [0.2, 0.25) is 0 Å². The van der Waals surface area contributed by atoms with Crippen LogP contribution in [0.15, 0.2) is 18.7 Å². The number of halogens is 3. The lowest BCUT2D eigenvalue weighted by molar-refractivity contribution is -0.148. The van der Waals surface area contributed by atoms with Crippen molar-refractivity contribution in [3.8, 4) is 0 Å². The van der Waals surface area contributed by atoms with Crippen molar-refractivity contribution in [2.45, 2.75) is 62.9 Å². The molecule has 4 heterocycles. The Balaban J connectivity index is 0.857. The van der Waals surface area contributed by atoms with Crippen LogP contribution < -0.4 is 0 Å². The van der Waals surface area contributed by atoms with Crippen molar-refractivity contribution in [2.24, 2.45) is 16.7 Å². The minimum absolute atomic E-state index is 0.0832. The molecule has 0 unspecified atom stereocenters. The molecule has 2 aromatic rings. The van der Waals surface area contributed by atoms with E-state index < -0.39 is 17.6 Å². The van der Waals surface area contributed by atoms with Crippen molar-refractivity contribution >= 4 is 6.03 Å². The molecule has 9 nitrogen and oxygen atoms in total. The van der Waals surface area contributed by atoms with Gasteiger partial charge in [0.15, 0.2) is 5.82 Å². The molecule has 5 aliphatic rings. The summed E-state index contributed by atoms with van der Waals surface area (Å²) in [5.74, 6) is -0.113. The quantitative estimate of drug-likeness (QED) is 0.710. The van der Waals surface area contributed by atoms with E-state index in [1.807, 2.05) is 14.5 Å². The van der Waals surface area contributed by atoms with Crippen LogP contribution in [0.5, 0.6) is 0 Å². The highest BCUT2D eigenvalue weighted by atomic mass is 19.4. The lowest BCUT2D eigenvalue weighted by Crippen LogP contribution is -2.71. The molecule has 0 bridgehead atoms. The summed E-state index contributed by atoms with van der Waals surface area (Å²) in [5.41, 5.74) is -0.555. The van der Waals surface area contributed by atoms with Gasteiger partial charge in [-0.05, 0) is 44.4 Å². The van der Waals surface area contributed by atoms with E-state index in [2.05, 4.69) is 15.1 Å². The minimum Gasteiger partial charge on any atom is -0.382 e. The smallest absolute Gasteiger partial charge is 0.382 e. The standard InChI is InChI=1S/C23H28F3N7O2/c24-23(25,26)18-27-3-4-30(18)9-15-5-20(6-15)10-31(11-20)19(34)32-12-21(13-32)7-16(8-21)33-14-28-17(29-33)22(35)1-2-22/h3-4,14-16,35H,1-2,5-13H2. The Morgan fingerprint density at radius 1 is 1.03 bits per heavy atom. The summed E-state index contributed by atoms with van der Waals surface area (Å²) in [6.45, 7) is 3.26. The normalized spacial score (nSPS) is 26.3. The van der Waals surface area contributed by atoms with Gasteiger partial charge in [0.25, 0.3) is 0 Å². The van der Waals surface area contributed by atoms with Crippen molar-refractivity contribution in [1.82, 2.24) is 34.1 Å². The van der Waals surface area contributed by atoms with E-state index in [1.165, 1.54) is 17.0 Å². The van der Waals surface area contributed by atoms with Gasteiger partial charge in [0.05, 0.1) is 6.04 Å². The average molecular weight is 492 g/mol. The third kappa shape index (κ3) is 3.39. The van der Waals surface area contributed by atoms with Gasteiger partial charge in [0.1, 0.15) is 11.9 Å². The average Bonchev–Trinajstić information content (AvgIpc) is 3.09. The minimum atomic E-state index is -4.43. The number of aliphatic hydroxyl groups is 1. The van der Waals surface area contributed by atoms with Gasteiger partial charge in [-0.2, -0.15) is 18.3 Å². The van der Waals surface area contributed by atoms with Crippen LogP contribution in [0.3, 0.4) is 0 Å². The van der Waals surface area contributed by atoms with Crippen LogP contribution in [0.4, 0.5) is 18.0 Å². The molecule has 35 heavy (non-hydrogen) atoms. The van der Waals surface area contributed by atoms with Gasteiger partial charge in [0, 0.05) is 55.9 Å². The molecule has 0 radical (unpaired) electrons. The highest BCUT2D eigenvalue weighted by Crippen LogP contribution is 2.56. The highest BCUT2D eigenvalue weighted by Gasteiger charge is 2.59. The van der Waals surface area contributed by atoms with Gasteiger partial charge >= 0.3 is 12.2 Å². The van der Waals surface area contributed by atoms with Crippen molar-refractivity contribution in [3.05, 3.63) is 30.4 Å². The molecule has 2 spiro atoms. The zero-order valence-electron chi connectivity index (χ0n) is 19.3. The van der Waals surface area contributed by atoms with Gasteiger partial charge < -0.3 is 19.5 Å². The van der Waals surface area contributed by atoms with E-state index >= 15 is 0 Å². The van der Waals surface area contributed by atoms with Gasteiger partial charge in [-0.15, -0.1) is 0 Å². The first kappa shape index (κ1) is 21.6. The molecule has 0 atom stereocenters. The molecule has 12 heteroatoms. The lowest BCUT2D eigenvalue weighted by Gasteiger charge is -2.63. The summed E-state index contributed by atoms with van der Waals surface area (Å²) in [6.07, 6.45) is 4.98. The summed E-state index contributed by atoms with van der Waals surface area (Å²) in [6, 6.07) is 0.365. The Labute approximate surface area is 199 Å². The monoisotopic (exact) mass is 491 g/mol. The van der Waals surface area contributed by atoms with Crippen LogP contribution in [-0.4, -0.2) is 71.4 Å². The van der Waals surface area contributed by atoms with E-state index in [0.717, 1.165) is 51.6 Å². The molecule has 2 saturated heterocycles. The third-order valence-corrected chi connectivity index (χ3v) is 8.87. The first-order valence-electron chi connectivity index (χ1n) is 12.3. The number of rotatable bonds is 4. The van der Waals surface area contributed by atoms with Crippen molar-refractivity contribution in [2.75, 3.05) is 26.2 Å². The maximum Gasteiger partial charge on any atom is 0.449 e. The molecule has 3 saturated carbocycles. The van der Waals surface area contributed by atoms with Gasteiger partial charge in [-0.25, -0.2) is 19.4 Å². The molecular weight excluding hydrogens is 463 g/mol. The van der Waals surface area contributed by atoms with Crippen LogP contribution >= 0.6 is 0 Å². The molecule has 7 rings (SSSR count). The number of carbonyl (C=O) groups is 1. The Hall–Kier alpha value is -2.63. The lowest BCUT2D eigenvalue weighted by atomic mass is 9.57. The number of aromatic nitrogens is 5. The zero-order valence-corrected chi connectivity index (χ0v) is 19.3. The van der Waals surface area contributed by atoms with E-state index in [4.69, 9.17) is 0 Å². The number of likely N-dealkylation sites (tertiary alicyclic amines) is 2. The van der Waals surface area contributed by atoms with E-state index in [-0.39, 0.29) is 28.8 Å². The number of imidazole rings is 1. The van der Waals surface area contributed by atoms with Gasteiger partial charge in [-0.1, -0.05) is 0 Å². The second-order valence-corrected chi connectivity index (χ2v) is 11.8. The molecule has 3 aliphatic carbocycles. The molecule has 188 valence electrons. The summed E-state index contributed by atoms with van der Waals surface area (Å²) in [5, 5.41) is 14.6. The van der Waals surface area contributed by atoms with Crippen molar-refractivity contribution in [3.63, 3.8) is 0 Å². The van der Waals surface area contributed by atoms with Gasteiger partial charge in [0.2, 0.25) is 5.82 Å². The van der Waals surface area contributed by atoms with E-state index in [1.54, 1.807) is 6.33 Å². The molecule has 5 fully saturated rings. The number of nitrogens with zero attached hydrogens (tertiary/aromatic N) is 7. The molecule has 2 aliphatic heterocycles. The fraction of sp³-hybridized carbons (Fsp3) is 0.739. The first-order chi connectivity index (χ1) is 16.6. The summed E-state index contributed by atoms with van der Waals surface area (Å²) >= 11 is 0. The first-order valence-corrected chi connectivity index (χ1v) is 12.3. The Morgan fingerprint density at radius 2 is 1.66 bits per heavy atom. The van der Waals surface area contributed by atoms with E-state index in [0.29, 0.717) is 25.5 Å². The number of amides is 2. The third-order valence-electron chi connectivity index (χ3n) is 8.87. The maximum atomic E-state index is 13.0. The SMILES string of the molecule is O=C(N1CC2(CC(Cn3ccnc3C(F)(F)F)C2)C1)N1CC2(CC(n3cnc(C4(O)CC4)n3)C2)C1. The van der Waals surface area contributed by atoms with Crippen molar-refractivity contribution in [1.29, 1.82) is 0 Å². The Kier molecular flexibility index (Phi) is 4.19. The van der Waals surface area contributed by atoms with Crippen LogP contribution in [0.1, 0.15) is 56.2 Å². The Bertz CT molecular complexity index is 1160. The molecule has 0 aromatic carbocycles. The number of hydrogen-bond acceptors (Lipinski definition) is 5. The molecule has 2 aromatic heterocycles. The fourth-order valence-electron chi connectivity index (χ4n) is 6.93. The second kappa shape index (κ2) is 6.77. The van der Waals surface area contributed by atoms with Crippen LogP contribution in [0, 0.1) is 16.7 Å².